The first-order valence-electron chi connectivity index (χ1n) is 7.93. The number of aryl methyl sites for hydroxylation is 1. The smallest absolute Gasteiger partial charge is 0.191 e. The number of aliphatic imine (C=N–C) groups is 1. The highest BCUT2D eigenvalue weighted by molar-refractivity contribution is 14.0. The Bertz CT molecular complexity index is 584. The molecule has 24 heavy (non-hydrogen) atoms. The number of thiophene rings is 1. The van der Waals surface area contributed by atoms with E-state index >= 15 is 0 Å². The number of rotatable bonds is 9. The molecule has 2 rings (SSSR count). The van der Waals surface area contributed by atoms with E-state index in [4.69, 9.17) is 9.15 Å². The number of furan rings is 1. The van der Waals surface area contributed by atoms with Crippen LogP contribution in [0.5, 0.6) is 0 Å². The SMILES string of the molecule is CCc1ccc(CN=C(NCCOC)NCCc2ccco2)s1.I. The van der Waals surface area contributed by atoms with Crippen LogP contribution in [0.25, 0.3) is 0 Å². The molecule has 0 spiro atoms. The molecule has 5 nitrogen and oxygen atoms in total. The molecule has 0 fully saturated rings. The zero-order chi connectivity index (χ0) is 16.3. The lowest BCUT2D eigenvalue weighted by atomic mass is 10.3. The minimum absolute atomic E-state index is 0. The number of ether oxygens (including phenoxy) is 1. The molecule has 2 aromatic rings. The summed E-state index contributed by atoms with van der Waals surface area (Å²) in [5, 5.41) is 6.62. The van der Waals surface area contributed by atoms with Crippen LogP contribution in [0.4, 0.5) is 0 Å². The van der Waals surface area contributed by atoms with Crippen LogP contribution >= 0.6 is 35.3 Å². The topological polar surface area (TPSA) is 58.8 Å². The molecular weight excluding hydrogens is 437 g/mol. The highest BCUT2D eigenvalue weighted by atomic mass is 127. The molecule has 0 aliphatic rings. The molecule has 134 valence electrons. The Hall–Kier alpha value is -1.06. The lowest BCUT2D eigenvalue weighted by Crippen LogP contribution is -2.39. The van der Waals surface area contributed by atoms with Gasteiger partial charge in [0.05, 0.1) is 19.4 Å². The van der Waals surface area contributed by atoms with E-state index in [1.807, 2.05) is 23.5 Å². The average Bonchev–Trinajstić information content (AvgIpc) is 3.23. The summed E-state index contributed by atoms with van der Waals surface area (Å²) in [5.41, 5.74) is 0. The molecule has 2 heterocycles. The fourth-order valence-corrected chi connectivity index (χ4v) is 2.94. The summed E-state index contributed by atoms with van der Waals surface area (Å²) in [4.78, 5) is 7.33. The molecule has 0 aromatic carbocycles. The molecule has 0 amide bonds. The second-order valence-electron chi connectivity index (χ2n) is 5.06. The minimum Gasteiger partial charge on any atom is -0.469 e. The van der Waals surface area contributed by atoms with Crippen LogP contribution in [0.3, 0.4) is 0 Å². The van der Waals surface area contributed by atoms with Gasteiger partial charge in [-0.3, -0.25) is 0 Å². The Morgan fingerprint density at radius 2 is 2.00 bits per heavy atom. The van der Waals surface area contributed by atoms with Crippen molar-refractivity contribution < 1.29 is 9.15 Å². The van der Waals surface area contributed by atoms with E-state index in [2.05, 4.69) is 34.7 Å². The van der Waals surface area contributed by atoms with Gasteiger partial charge in [-0.1, -0.05) is 6.92 Å². The Kier molecular flexibility index (Phi) is 10.8. The van der Waals surface area contributed by atoms with E-state index in [0.29, 0.717) is 13.2 Å². The number of halogens is 1. The van der Waals surface area contributed by atoms with Crippen LogP contribution in [0.1, 0.15) is 22.4 Å². The van der Waals surface area contributed by atoms with Crippen LogP contribution in [0.2, 0.25) is 0 Å². The summed E-state index contributed by atoms with van der Waals surface area (Å²) in [6.45, 7) is 5.02. The van der Waals surface area contributed by atoms with Gasteiger partial charge >= 0.3 is 0 Å². The predicted molar refractivity (Wildman–Crippen MR) is 111 cm³/mol. The molecule has 0 unspecified atom stereocenters. The van der Waals surface area contributed by atoms with Crippen molar-refractivity contribution in [2.75, 3.05) is 26.8 Å². The number of hydrogen-bond acceptors (Lipinski definition) is 4. The first kappa shape index (κ1) is 21.0. The minimum atomic E-state index is 0. The van der Waals surface area contributed by atoms with Crippen molar-refractivity contribution in [2.24, 2.45) is 4.99 Å². The highest BCUT2D eigenvalue weighted by Gasteiger charge is 2.02. The Morgan fingerprint density at radius 3 is 2.67 bits per heavy atom. The predicted octanol–water partition coefficient (Wildman–Crippen LogP) is 3.45. The Morgan fingerprint density at radius 1 is 1.21 bits per heavy atom. The molecule has 7 heteroatoms. The number of nitrogens with zero attached hydrogens (tertiary/aromatic N) is 1. The van der Waals surface area contributed by atoms with Crippen LogP contribution in [-0.4, -0.2) is 32.8 Å². The van der Waals surface area contributed by atoms with Crippen molar-refractivity contribution in [3.8, 4) is 0 Å². The van der Waals surface area contributed by atoms with Gasteiger partial charge in [0.25, 0.3) is 0 Å². The van der Waals surface area contributed by atoms with Crippen molar-refractivity contribution >= 4 is 41.3 Å². The molecule has 0 atom stereocenters. The average molecular weight is 463 g/mol. The van der Waals surface area contributed by atoms with Gasteiger partial charge in [-0.25, -0.2) is 4.99 Å². The maximum atomic E-state index is 5.34. The third-order valence-corrected chi connectivity index (χ3v) is 4.52. The van der Waals surface area contributed by atoms with E-state index in [-0.39, 0.29) is 24.0 Å². The van der Waals surface area contributed by atoms with Gasteiger partial charge in [0.15, 0.2) is 5.96 Å². The molecule has 0 saturated carbocycles. The normalized spacial score (nSPS) is 11.2. The summed E-state index contributed by atoms with van der Waals surface area (Å²) >= 11 is 1.82. The second-order valence-corrected chi connectivity index (χ2v) is 6.32. The highest BCUT2D eigenvalue weighted by Crippen LogP contribution is 2.17. The van der Waals surface area contributed by atoms with Gasteiger partial charge in [0, 0.05) is 36.4 Å². The van der Waals surface area contributed by atoms with Gasteiger partial charge in [-0.15, -0.1) is 35.3 Å². The number of guanidine groups is 1. The third kappa shape index (κ3) is 7.67. The maximum Gasteiger partial charge on any atom is 0.191 e. The summed E-state index contributed by atoms with van der Waals surface area (Å²) in [6, 6.07) is 8.22. The molecule has 0 aliphatic carbocycles. The lowest BCUT2D eigenvalue weighted by molar-refractivity contribution is 0.203. The van der Waals surface area contributed by atoms with Crippen molar-refractivity contribution in [1.82, 2.24) is 10.6 Å². The van der Waals surface area contributed by atoms with Crippen LogP contribution in [-0.2, 0) is 24.1 Å². The van der Waals surface area contributed by atoms with Gasteiger partial charge in [-0.05, 0) is 30.7 Å². The Labute approximate surface area is 164 Å². The van der Waals surface area contributed by atoms with E-state index in [0.717, 1.165) is 37.7 Å². The Balaban J connectivity index is 0.00000288. The maximum absolute atomic E-state index is 5.34. The first-order valence-corrected chi connectivity index (χ1v) is 8.74. The fraction of sp³-hybridized carbons (Fsp3) is 0.471. The van der Waals surface area contributed by atoms with E-state index < -0.39 is 0 Å². The zero-order valence-electron chi connectivity index (χ0n) is 14.2. The van der Waals surface area contributed by atoms with Gasteiger partial charge < -0.3 is 19.8 Å². The van der Waals surface area contributed by atoms with Crippen molar-refractivity contribution in [3.63, 3.8) is 0 Å². The van der Waals surface area contributed by atoms with Crippen LogP contribution in [0, 0.1) is 0 Å². The van der Waals surface area contributed by atoms with Crippen molar-refractivity contribution in [2.45, 2.75) is 26.3 Å². The van der Waals surface area contributed by atoms with E-state index in [9.17, 15) is 0 Å². The number of methoxy groups -OCH3 is 1. The molecule has 0 saturated heterocycles. The first-order chi connectivity index (χ1) is 11.3. The molecular formula is C17H26IN3O2S. The van der Waals surface area contributed by atoms with Crippen LogP contribution < -0.4 is 10.6 Å². The van der Waals surface area contributed by atoms with Gasteiger partial charge in [0.1, 0.15) is 5.76 Å². The molecule has 0 radical (unpaired) electrons. The second kappa shape index (κ2) is 12.3. The molecule has 2 aromatic heterocycles. The molecule has 0 bridgehead atoms. The van der Waals surface area contributed by atoms with Crippen molar-refractivity contribution in [1.29, 1.82) is 0 Å². The summed E-state index contributed by atoms with van der Waals surface area (Å²) in [7, 11) is 1.70. The molecule has 2 N–H and O–H groups in total. The largest absolute Gasteiger partial charge is 0.469 e. The lowest BCUT2D eigenvalue weighted by Gasteiger charge is -2.11. The quantitative estimate of drug-likeness (QED) is 0.259. The van der Waals surface area contributed by atoms with Gasteiger partial charge in [-0.2, -0.15) is 0 Å². The monoisotopic (exact) mass is 463 g/mol. The summed E-state index contributed by atoms with van der Waals surface area (Å²) < 4.78 is 10.4. The van der Waals surface area contributed by atoms with E-state index in [1.165, 1.54) is 9.75 Å². The molecule has 0 aliphatic heterocycles. The number of nitrogens with one attached hydrogen (secondary N) is 2. The standard InChI is InChI=1S/C17H25N3O2S.HI/c1-3-15-6-7-16(23-15)13-20-17(19-10-12-21-2)18-9-8-14-5-4-11-22-14;/h4-7,11H,3,8-10,12-13H2,1-2H3,(H2,18,19,20);1H. The van der Waals surface area contributed by atoms with Gasteiger partial charge in [0.2, 0.25) is 0 Å². The third-order valence-electron chi connectivity index (χ3n) is 3.30. The summed E-state index contributed by atoms with van der Waals surface area (Å²) in [5.74, 6) is 1.78. The van der Waals surface area contributed by atoms with Crippen LogP contribution in [0.15, 0.2) is 39.9 Å². The van der Waals surface area contributed by atoms with E-state index in [1.54, 1.807) is 13.4 Å². The number of hydrogen-bond donors (Lipinski definition) is 2. The fourth-order valence-electron chi connectivity index (χ4n) is 2.06. The zero-order valence-corrected chi connectivity index (χ0v) is 17.4. The summed E-state index contributed by atoms with van der Waals surface area (Å²) in [6.07, 6.45) is 3.61. The van der Waals surface area contributed by atoms with Crippen molar-refractivity contribution in [3.05, 3.63) is 46.0 Å².